The van der Waals surface area contributed by atoms with Gasteiger partial charge in [-0.05, 0) is 49.9 Å². The lowest BCUT2D eigenvalue weighted by atomic mass is 9.92. The number of carbonyl (C=O) groups excluding carboxylic acids is 2. The van der Waals surface area contributed by atoms with E-state index in [9.17, 15) is 9.59 Å². The number of hydrogen-bond donors (Lipinski definition) is 2. The summed E-state index contributed by atoms with van der Waals surface area (Å²) in [5.74, 6) is 0.311. The zero-order valence-electron chi connectivity index (χ0n) is 13.9. The third-order valence-corrected chi connectivity index (χ3v) is 3.95. The van der Waals surface area contributed by atoms with E-state index >= 15 is 0 Å². The maximum atomic E-state index is 11.8. The van der Waals surface area contributed by atoms with E-state index in [-0.39, 0.29) is 18.0 Å². The van der Waals surface area contributed by atoms with Crippen LogP contribution in [0.15, 0.2) is 35.9 Å². The van der Waals surface area contributed by atoms with Gasteiger partial charge in [-0.3, -0.25) is 4.79 Å². The molecule has 0 atom stereocenters. The normalized spacial score (nSPS) is 17.1. The molecule has 0 radical (unpaired) electrons. The summed E-state index contributed by atoms with van der Waals surface area (Å²) in [5, 5.41) is 2.73. The van der Waals surface area contributed by atoms with E-state index in [1.54, 1.807) is 30.3 Å². The lowest BCUT2D eigenvalue weighted by Gasteiger charge is -2.25. The fraction of sp³-hybridized carbons (Fsp3) is 0.444. The van der Waals surface area contributed by atoms with Crippen molar-refractivity contribution in [2.24, 2.45) is 5.73 Å². The molecule has 3 N–H and O–H groups in total. The molecule has 0 aromatic heterocycles. The molecule has 6 nitrogen and oxygen atoms in total. The van der Waals surface area contributed by atoms with Crippen LogP contribution in [0.25, 0.3) is 0 Å². The number of carbonyl (C=O) groups is 2. The second kappa shape index (κ2) is 9.08. The molecule has 1 fully saturated rings. The molecule has 1 aliphatic rings. The first kappa shape index (κ1) is 18.0. The molecule has 0 heterocycles. The Kier molecular flexibility index (Phi) is 6.81. The van der Waals surface area contributed by atoms with E-state index in [0.717, 1.165) is 37.0 Å². The highest BCUT2D eigenvalue weighted by Gasteiger charge is 2.19. The number of nitrogens with one attached hydrogen (secondary N) is 1. The Balaban J connectivity index is 1.83. The van der Waals surface area contributed by atoms with Crippen LogP contribution in [-0.4, -0.2) is 38.2 Å². The lowest BCUT2D eigenvalue weighted by Crippen LogP contribution is -2.28. The quantitative estimate of drug-likeness (QED) is 0.612. The highest BCUT2D eigenvalue weighted by Crippen LogP contribution is 2.27. The summed E-state index contributed by atoms with van der Waals surface area (Å²) in [4.78, 5) is 23.0. The average Bonchev–Trinajstić information content (AvgIpc) is 2.61. The van der Waals surface area contributed by atoms with Crippen LogP contribution in [0.1, 0.15) is 36.0 Å². The predicted octanol–water partition coefficient (Wildman–Crippen LogP) is 1.80. The minimum atomic E-state index is -0.298. The molecule has 24 heavy (non-hydrogen) atoms. The van der Waals surface area contributed by atoms with Crippen molar-refractivity contribution in [3.8, 4) is 5.75 Å². The van der Waals surface area contributed by atoms with E-state index in [4.69, 9.17) is 10.5 Å². The zero-order chi connectivity index (χ0) is 17.4. The molecule has 0 aliphatic heterocycles. The first-order valence-corrected chi connectivity index (χ1v) is 8.14. The zero-order valence-corrected chi connectivity index (χ0v) is 13.9. The second-order valence-corrected chi connectivity index (χ2v) is 5.71. The number of methoxy groups -OCH3 is 1. The fourth-order valence-electron chi connectivity index (χ4n) is 2.61. The van der Waals surface area contributed by atoms with Crippen LogP contribution in [-0.2, 0) is 9.53 Å². The Labute approximate surface area is 142 Å². The minimum Gasteiger partial charge on any atom is -0.490 e. The van der Waals surface area contributed by atoms with Crippen molar-refractivity contribution in [3.63, 3.8) is 0 Å². The number of ether oxygens (including phenoxy) is 2. The Morgan fingerprint density at radius 3 is 2.50 bits per heavy atom. The van der Waals surface area contributed by atoms with Gasteiger partial charge in [0.25, 0.3) is 5.91 Å². The van der Waals surface area contributed by atoms with Crippen LogP contribution in [0, 0.1) is 0 Å². The van der Waals surface area contributed by atoms with Gasteiger partial charge in [0.2, 0.25) is 0 Å². The minimum absolute atomic E-state index is 0.122. The molecular formula is C18H24N2O4. The van der Waals surface area contributed by atoms with Gasteiger partial charge in [0.05, 0.1) is 13.2 Å². The highest BCUT2D eigenvalue weighted by molar-refractivity contribution is 5.94. The first-order chi connectivity index (χ1) is 11.6. The molecule has 0 unspecified atom stereocenters. The van der Waals surface area contributed by atoms with Crippen LogP contribution in [0.4, 0.5) is 0 Å². The number of amides is 1. The maximum absolute atomic E-state index is 11.8. The fourth-order valence-corrected chi connectivity index (χ4v) is 2.61. The van der Waals surface area contributed by atoms with Crippen LogP contribution < -0.4 is 15.8 Å². The Bertz CT molecular complexity index is 586. The van der Waals surface area contributed by atoms with Crippen LogP contribution in [0.3, 0.4) is 0 Å². The molecule has 130 valence electrons. The van der Waals surface area contributed by atoms with Crippen molar-refractivity contribution in [2.45, 2.75) is 31.8 Å². The SMILES string of the molecule is COC(=O)C=C1CCC(Oc2ccc(C(=O)NCCN)cc2)CC1. The van der Waals surface area contributed by atoms with E-state index in [0.29, 0.717) is 18.7 Å². The van der Waals surface area contributed by atoms with Gasteiger partial charge >= 0.3 is 5.97 Å². The molecule has 0 saturated heterocycles. The van der Waals surface area contributed by atoms with Crippen molar-refractivity contribution in [1.29, 1.82) is 0 Å². The average molecular weight is 332 g/mol. The largest absolute Gasteiger partial charge is 0.490 e. The van der Waals surface area contributed by atoms with Gasteiger partial charge in [-0.15, -0.1) is 0 Å². The van der Waals surface area contributed by atoms with Crippen LogP contribution >= 0.6 is 0 Å². The summed E-state index contributed by atoms with van der Waals surface area (Å²) in [6, 6.07) is 7.09. The summed E-state index contributed by atoms with van der Waals surface area (Å²) in [6.07, 6.45) is 5.09. The summed E-state index contributed by atoms with van der Waals surface area (Å²) < 4.78 is 10.6. The van der Waals surface area contributed by atoms with E-state index in [1.807, 2.05) is 0 Å². The summed E-state index contributed by atoms with van der Waals surface area (Å²) >= 11 is 0. The summed E-state index contributed by atoms with van der Waals surface area (Å²) in [5.41, 5.74) is 7.05. The molecule has 0 bridgehead atoms. The summed E-state index contributed by atoms with van der Waals surface area (Å²) in [7, 11) is 1.38. The van der Waals surface area contributed by atoms with Crippen LogP contribution in [0.2, 0.25) is 0 Å². The lowest BCUT2D eigenvalue weighted by molar-refractivity contribution is -0.134. The molecule has 1 aliphatic carbocycles. The Hall–Kier alpha value is -2.34. The Morgan fingerprint density at radius 1 is 1.25 bits per heavy atom. The highest BCUT2D eigenvalue weighted by atomic mass is 16.5. The molecule has 1 amide bonds. The molecule has 6 heteroatoms. The van der Waals surface area contributed by atoms with E-state index in [2.05, 4.69) is 10.1 Å². The van der Waals surface area contributed by atoms with Gasteiger partial charge in [0, 0.05) is 24.7 Å². The molecule has 1 aromatic carbocycles. The number of rotatable bonds is 6. The monoisotopic (exact) mass is 332 g/mol. The van der Waals surface area contributed by atoms with Gasteiger partial charge in [-0.25, -0.2) is 4.79 Å². The van der Waals surface area contributed by atoms with Gasteiger partial charge in [0.15, 0.2) is 0 Å². The van der Waals surface area contributed by atoms with Crippen LogP contribution in [0.5, 0.6) is 5.75 Å². The molecule has 0 spiro atoms. The van der Waals surface area contributed by atoms with Gasteiger partial charge < -0.3 is 20.5 Å². The number of hydrogen-bond acceptors (Lipinski definition) is 5. The number of nitrogens with two attached hydrogens (primary N) is 1. The van der Waals surface area contributed by atoms with Gasteiger partial charge in [-0.2, -0.15) is 0 Å². The number of benzene rings is 1. The van der Waals surface area contributed by atoms with Crippen molar-refractivity contribution in [3.05, 3.63) is 41.5 Å². The predicted molar refractivity (Wildman–Crippen MR) is 90.8 cm³/mol. The van der Waals surface area contributed by atoms with Crippen molar-refractivity contribution < 1.29 is 19.1 Å². The maximum Gasteiger partial charge on any atom is 0.330 e. The van der Waals surface area contributed by atoms with Crippen molar-refractivity contribution in [1.82, 2.24) is 5.32 Å². The second-order valence-electron chi connectivity index (χ2n) is 5.71. The third kappa shape index (κ3) is 5.38. The standard InChI is InChI=1S/C18H24N2O4/c1-23-17(21)12-13-2-6-15(7-3-13)24-16-8-4-14(5-9-16)18(22)20-11-10-19/h4-5,8-9,12,15H,2-3,6-7,10-11,19H2,1H3,(H,20,22). The van der Waals surface area contributed by atoms with E-state index < -0.39 is 0 Å². The van der Waals surface area contributed by atoms with Crippen molar-refractivity contribution >= 4 is 11.9 Å². The van der Waals surface area contributed by atoms with Crippen molar-refractivity contribution in [2.75, 3.05) is 20.2 Å². The smallest absolute Gasteiger partial charge is 0.330 e. The molecule has 2 rings (SSSR count). The van der Waals surface area contributed by atoms with E-state index in [1.165, 1.54) is 7.11 Å². The summed E-state index contributed by atoms with van der Waals surface area (Å²) in [6.45, 7) is 0.877. The van der Waals surface area contributed by atoms with Gasteiger partial charge in [0.1, 0.15) is 5.75 Å². The Morgan fingerprint density at radius 2 is 1.92 bits per heavy atom. The molecular weight excluding hydrogens is 308 g/mol. The van der Waals surface area contributed by atoms with Gasteiger partial charge in [-0.1, -0.05) is 5.57 Å². The molecule has 1 aromatic rings. The third-order valence-electron chi connectivity index (χ3n) is 3.95. The molecule has 1 saturated carbocycles. The number of allylic oxidation sites excluding steroid dienone is 1. The first-order valence-electron chi connectivity index (χ1n) is 8.14. The number of esters is 1. The topological polar surface area (TPSA) is 90.6 Å².